The van der Waals surface area contributed by atoms with Crippen LogP contribution in [-0.2, 0) is 20.8 Å². The number of carboxylic acids is 1. The highest BCUT2D eigenvalue weighted by atomic mass is 32.2. The number of carbonyl (C=O) groups excluding carboxylic acids is 2. The van der Waals surface area contributed by atoms with Crippen molar-refractivity contribution in [3.63, 3.8) is 0 Å². The van der Waals surface area contributed by atoms with Crippen LogP contribution < -0.4 is 11.1 Å². The standard InChI is InChI=1S/C20H20N4O5S2/c1-10-7-29-20(22-10)31-9-12-8-30-18-15(17(26)24(18)16(12)19(27)28)23-14(25)6-11-4-2-3-5-13(11)21/h2-5,7,15,18H,6,8-9,21H2,1H3,(H,23,25)(H,27,28)/t15?,18-/m0/s1. The first-order valence-electron chi connectivity index (χ1n) is 9.43. The van der Waals surface area contributed by atoms with E-state index < -0.39 is 23.3 Å². The van der Waals surface area contributed by atoms with Crippen LogP contribution in [-0.4, -0.2) is 55.7 Å². The summed E-state index contributed by atoms with van der Waals surface area (Å²) in [6, 6.07) is 6.26. The fraction of sp³-hybridized carbons (Fsp3) is 0.300. The van der Waals surface area contributed by atoms with Crippen LogP contribution in [0.2, 0.25) is 0 Å². The minimum atomic E-state index is -1.17. The molecule has 0 radical (unpaired) electrons. The number of para-hydroxylation sites is 1. The van der Waals surface area contributed by atoms with Gasteiger partial charge in [-0.2, -0.15) is 0 Å². The van der Waals surface area contributed by atoms with Crippen molar-refractivity contribution in [2.45, 2.75) is 30.0 Å². The summed E-state index contributed by atoms with van der Waals surface area (Å²) in [7, 11) is 0. The van der Waals surface area contributed by atoms with Crippen molar-refractivity contribution < 1.29 is 23.9 Å². The molecule has 2 atom stereocenters. The average Bonchev–Trinajstić information content (AvgIpc) is 3.16. The van der Waals surface area contributed by atoms with Crippen LogP contribution in [0.15, 0.2) is 51.4 Å². The van der Waals surface area contributed by atoms with E-state index in [1.165, 1.54) is 34.7 Å². The summed E-state index contributed by atoms with van der Waals surface area (Å²) in [6.07, 6.45) is 1.57. The summed E-state index contributed by atoms with van der Waals surface area (Å²) in [4.78, 5) is 42.5. The summed E-state index contributed by atoms with van der Waals surface area (Å²) < 4.78 is 5.29. The van der Waals surface area contributed by atoms with Gasteiger partial charge < -0.3 is 20.6 Å². The molecule has 1 saturated heterocycles. The van der Waals surface area contributed by atoms with Crippen LogP contribution in [0.4, 0.5) is 5.69 Å². The quantitative estimate of drug-likeness (QED) is 0.320. The fourth-order valence-corrected chi connectivity index (χ4v) is 5.77. The number of benzene rings is 1. The molecule has 0 aliphatic carbocycles. The number of anilines is 1. The van der Waals surface area contributed by atoms with Gasteiger partial charge in [-0.15, -0.1) is 11.8 Å². The molecule has 3 heterocycles. The number of nitrogens with zero attached hydrogens (tertiary/aromatic N) is 2. The van der Waals surface area contributed by atoms with Crippen molar-refractivity contribution in [3.05, 3.63) is 53.1 Å². The van der Waals surface area contributed by atoms with Gasteiger partial charge in [-0.3, -0.25) is 14.5 Å². The number of hydrogen-bond donors (Lipinski definition) is 3. The minimum absolute atomic E-state index is 0.0256. The van der Waals surface area contributed by atoms with Gasteiger partial charge >= 0.3 is 5.97 Å². The van der Waals surface area contributed by atoms with Crippen molar-refractivity contribution in [1.82, 2.24) is 15.2 Å². The molecule has 4 N–H and O–H groups in total. The molecule has 2 aromatic rings. The SMILES string of the molecule is Cc1coc(SCC2=C(C(=O)O)N3C(=O)C(NC(=O)Cc4ccccc4N)[C@@H]3SC2)n1. The molecule has 2 aliphatic heterocycles. The molecule has 31 heavy (non-hydrogen) atoms. The van der Waals surface area contributed by atoms with E-state index in [-0.39, 0.29) is 18.0 Å². The van der Waals surface area contributed by atoms with Gasteiger partial charge in [0.05, 0.1) is 12.1 Å². The Labute approximate surface area is 186 Å². The molecule has 2 aliphatic rings. The second kappa shape index (κ2) is 8.67. The van der Waals surface area contributed by atoms with Crippen LogP contribution in [0, 0.1) is 6.92 Å². The maximum Gasteiger partial charge on any atom is 0.352 e. The molecule has 162 valence electrons. The smallest absolute Gasteiger partial charge is 0.352 e. The third kappa shape index (κ3) is 4.28. The van der Waals surface area contributed by atoms with Crippen LogP contribution in [0.5, 0.6) is 0 Å². The fourth-order valence-electron chi connectivity index (χ4n) is 3.43. The predicted octanol–water partition coefficient (Wildman–Crippen LogP) is 1.64. The average molecular weight is 461 g/mol. The van der Waals surface area contributed by atoms with Gasteiger partial charge in [0.15, 0.2) is 0 Å². The van der Waals surface area contributed by atoms with E-state index in [0.29, 0.717) is 33.6 Å². The highest BCUT2D eigenvalue weighted by Crippen LogP contribution is 2.41. The highest BCUT2D eigenvalue weighted by Gasteiger charge is 2.54. The number of carboxylic acid groups (broad SMARTS) is 1. The number of nitrogens with one attached hydrogen (secondary N) is 1. The molecule has 9 nitrogen and oxygen atoms in total. The molecule has 0 spiro atoms. The highest BCUT2D eigenvalue weighted by molar-refractivity contribution is 8.01. The van der Waals surface area contributed by atoms with Crippen LogP contribution in [0.3, 0.4) is 0 Å². The van der Waals surface area contributed by atoms with E-state index in [4.69, 9.17) is 10.2 Å². The van der Waals surface area contributed by atoms with Crippen molar-refractivity contribution in [2.75, 3.05) is 17.2 Å². The summed E-state index contributed by atoms with van der Waals surface area (Å²) in [5.41, 5.74) is 8.38. The Kier molecular flexibility index (Phi) is 5.96. The molecule has 1 unspecified atom stereocenters. The summed E-state index contributed by atoms with van der Waals surface area (Å²) in [6.45, 7) is 1.80. The number of nitrogen functional groups attached to an aromatic ring is 1. The molecule has 4 rings (SSSR count). The third-order valence-electron chi connectivity index (χ3n) is 4.94. The number of thioether (sulfide) groups is 2. The Hall–Kier alpha value is -2.92. The molecule has 0 bridgehead atoms. The van der Waals surface area contributed by atoms with E-state index in [1.54, 1.807) is 31.2 Å². The zero-order chi connectivity index (χ0) is 22.1. The van der Waals surface area contributed by atoms with Gasteiger partial charge in [0, 0.05) is 17.2 Å². The van der Waals surface area contributed by atoms with E-state index in [0.717, 1.165) is 5.69 Å². The van der Waals surface area contributed by atoms with Gasteiger partial charge in [0.25, 0.3) is 11.1 Å². The van der Waals surface area contributed by atoms with Gasteiger partial charge in [-0.05, 0) is 24.1 Å². The summed E-state index contributed by atoms with van der Waals surface area (Å²) in [5.74, 6) is -1.16. The molecule has 11 heteroatoms. The Balaban J connectivity index is 1.43. The number of oxazole rings is 1. The Morgan fingerprint density at radius 2 is 2.19 bits per heavy atom. The first-order chi connectivity index (χ1) is 14.8. The maximum absolute atomic E-state index is 12.7. The molecule has 1 fully saturated rings. The number of rotatable bonds is 7. The number of β-lactam (4-membered cyclic amide) rings is 1. The number of nitrogens with two attached hydrogens (primary N) is 1. The maximum atomic E-state index is 12.7. The van der Waals surface area contributed by atoms with Crippen molar-refractivity contribution in [1.29, 1.82) is 0 Å². The van der Waals surface area contributed by atoms with Gasteiger partial charge in [0.1, 0.15) is 23.4 Å². The Morgan fingerprint density at radius 3 is 2.87 bits per heavy atom. The molecular weight excluding hydrogens is 440 g/mol. The van der Waals surface area contributed by atoms with E-state index in [2.05, 4.69) is 10.3 Å². The zero-order valence-corrected chi connectivity index (χ0v) is 18.2. The number of aromatic nitrogens is 1. The summed E-state index contributed by atoms with van der Waals surface area (Å²) >= 11 is 2.71. The van der Waals surface area contributed by atoms with Crippen LogP contribution >= 0.6 is 23.5 Å². The monoisotopic (exact) mass is 460 g/mol. The number of aryl methyl sites for hydroxylation is 1. The van der Waals surface area contributed by atoms with E-state index in [9.17, 15) is 19.5 Å². The molecular formula is C20H20N4O5S2. The normalized spacial score (nSPS) is 20.3. The first-order valence-corrected chi connectivity index (χ1v) is 11.5. The number of amides is 2. The molecule has 0 saturated carbocycles. The lowest BCUT2D eigenvalue weighted by molar-refractivity contribution is -0.150. The number of fused-ring (bicyclic) bond motifs is 1. The van der Waals surface area contributed by atoms with E-state index >= 15 is 0 Å². The second-order valence-corrected chi connectivity index (χ2v) is 9.16. The van der Waals surface area contributed by atoms with Crippen molar-refractivity contribution in [2.24, 2.45) is 0 Å². The zero-order valence-electron chi connectivity index (χ0n) is 16.5. The van der Waals surface area contributed by atoms with Crippen molar-refractivity contribution >= 4 is 47.0 Å². The van der Waals surface area contributed by atoms with E-state index in [1.807, 2.05) is 0 Å². The number of carbonyl (C=O) groups is 3. The van der Waals surface area contributed by atoms with Crippen LogP contribution in [0.25, 0.3) is 0 Å². The van der Waals surface area contributed by atoms with Gasteiger partial charge in [0.2, 0.25) is 5.91 Å². The third-order valence-corrected chi connectivity index (χ3v) is 7.21. The molecule has 1 aromatic heterocycles. The summed E-state index contributed by atoms with van der Waals surface area (Å²) in [5, 5.41) is 12.5. The largest absolute Gasteiger partial charge is 0.477 e. The van der Waals surface area contributed by atoms with Crippen LogP contribution in [0.1, 0.15) is 11.3 Å². The number of hydrogen-bond acceptors (Lipinski definition) is 8. The lowest BCUT2D eigenvalue weighted by atomic mass is 10.0. The van der Waals surface area contributed by atoms with Gasteiger partial charge in [-0.25, -0.2) is 9.78 Å². The second-order valence-electron chi connectivity index (χ2n) is 7.13. The Bertz CT molecular complexity index is 1080. The Morgan fingerprint density at radius 1 is 1.42 bits per heavy atom. The predicted molar refractivity (Wildman–Crippen MR) is 116 cm³/mol. The van der Waals surface area contributed by atoms with Gasteiger partial charge in [-0.1, -0.05) is 30.0 Å². The minimum Gasteiger partial charge on any atom is -0.477 e. The first kappa shape index (κ1) is 21.3. The lowest BCUT2D eigenvalue weighted by Gasteiger charge is -2.49. The topological polar surface area (TPSA) is 139 Å². The lowest BCUT2D eigenvalue weighted by Crippen LogP contribution is -2.70. The molecule has 1 aromatic carbocycles. The molecule has 2 amide bonds. The van der Waals surface area contributed by atoms with Crippen molar-refractivity contribution in [3.8, 4) is 0 Å². The number of aliphatic carboxylic acids is 1.